The molecule has 0 spiro atoms. The van der Waals surface area contributed by atoms with Crippen LogP contribution >= 0.6 is 0 Å². The fourth-order valence-corrected chi connectivity index (χ4v) is 4.80. The highest BCUT2D eigenvalue weighted by Gasteiger charge is 2.46. The Hall–Kier alpha value is -3.15. The Morgan fingerprint density at radius 2 is 1.65 bits per heavy atom. The zero-order chi connectivity index (χ0) is 21.5. The third-order valence-corrected chi connectivity index (χ3v) is 6.67. The molecule has 1 aliphatic heterocycles. The van der Waals surface area contributed by atoms with Gasteiger partial charge in [-0.3, -0.25) is 9.59 Å². The van der Waals surface area contributed by atoms with Gasteiger partial charge in [-0.1, -0.05) is 30.3 Å². The molecule has 31 heavy (non-hydrogen) atoms. The molecule has 1 aliphatic carbocycles. The number of carbonyl (C=O) groups is 2. The van der Waals surface area contributed by atoms with Crippen LogP contribution < -0.4 is 0 Å². The van der Waals surface area contributed by atoms with Crippen molar-refractivity contribution in [3.8, 4) is 0 Å². The molecule has 1 saturated heterocycles. The molecule has 2 fully saturated rings. The predicted molar refractivity (Wildman–Crippen MR) is 117 cm³/mol. The summed E-state index contributed by atoms with van der Waals surface area (Å²) >= 11 is 0. The first-order valence-electron chi connectivity index (χ1n) is 10.9. The molecule has 2 heterocycles. The van der Waals surface area contributed by atoms with Crippen molar-refractivity contribution in [3.63, 3.8) is 0 Å². The molecule has 6 heteroatoms. The number of aromatic nitrogens is 1. The Balaban J connectivity index is 1.16. The number of nitrogens with zero attached hydrogens (tertiary/aromatic N) is 3. The van der Waals surface area contributed by atoms with Crippen LogP contribution in [0, 0.1) is 11.7 Å². The normalized spacial score (nSPS) is 20.8. The summed E-state index contributed by atoms with van der Waals surface area (Å²) in [5.41, 5.74) is 3.20. The van der Waals surface area contributed by atoms with Gasteiger partial charge >= 0.3 is 0 Å². The van der Waals surface area contributed by atoms with Crippen LogP contribution in [-0.4, -0.2) is 52.4 Å². The lowest BCUT2D eigenvalue weighted by molar-refractivity contribution is -0.140. The van der Waals surface area contributed by atoms with E-state index < -0.39 is 0 Å². The summed E-state index contributed by atoms with van der Waals surface area (Å²) < 4.78 is 15.2. The summed E-state index contributed by atoms with van der Waals surface area (Å²) in [6, 6.07) is 14.6. The number of halogens is 1. The van der Waals surface area contributed by atoms with Crippen LogP contribution in [0.1, 0.15) is 23.5 Å². The highest BCUT2D eigenvalue weighted by atomic mass is 19.1. The summed E-state index contributed by atoms with van der Waals surface area (Å²) in [7, 11) is 2.00. The molecule has 160 valence electrons. The first-order chi connectivity index (χ1) is 15.0. The van der Waals surface area contributed by atoms with Gasteiger partial charge in [0.1, 0.15) is 5.82 Å². The summed E-state index contributed by atoms with van der Waals surface area (Å²) in [5, 5.41) is 1.12. The maximum absolute atomic E-state index is 13.1. The van der Waals surface area contributed by atoms with Crippen molar-refractivity contribution in [2.24, 2.45) is 13.0 Å². The average Bonchev–Trinajstić information content (AvgIpc) is 3.53. The zero-order valence-electron chi connectivity index (χ0n) is 17.6. The van der Waals surface area contributed by atoms with Crippen molar-refractivity contribution in [2.45, 2.75) is 18.8 Å². The van der Waals surface area contributed by atoms with Crippen LogP contribution in [0.3, 0.4) is 0 Å². The molecule has 5 rings (SSSR count). The molecule has 1 saturated carbocycles. The standard InChI is InChI=1S/C25H26FN3O2/c1-27-16-18(20-4-2-3-5-23(20)27)14-24(30)28-10-12-29(13-11-28)25(31)22-15-21(22)17-6-8-19(26)9-7-17/h2-9,16,21-22H,10-15H2,1H3/t21-,22+/m1/s1. The fourth-order valence-electron chi connectivity index (χ4n) is 4.80. The number of piperazine rings is 1. The molecule has 3 aromatic rings. The van der Waals surface area contributed by atoms with Crippen molar-refractivity contribution in [3.05, 3.63) is 71.7 Å². The lowest BCUT2D eigenvalue weighted by Crippen LogP contribution is -2.51. The van der Waals surface area contributed by atoms with E-state index in [4.69, 9.17) is 0 Å². The van der Waals surface area contributed by atoms with Crippen molar-refractivity contribution in [1.82, 2.24) is 14.4 Å². The number of benzene rings is 2. The molecule has 2 aliphatic rings. The number of aryl methyl sites for hydroxylation is 1. The number of hydrogen-bond donors (Lipinski definition) is 0. The minimum absolute atomic E-state index is 0.0107. The minimum Gasteiger partial charge on any atom is -0.350 e. The predicted octanol–water partition coefficient (Wildman–Crippen LogP) is 3.33. The van der Waals surface area contributed by atoms with Crippen LogP contribution in [0.2, 0.25) is 0 Å². The Kier molecular flexibility index (Phi) is 5.00. The Morgan fingerprint density at radius 3 is 2.39 bits per heavy atom. The van der Waals surface area contributed by atoms with Gasteiger partial charge in [0.2, 0.25) is 11.8 Å². The number of para-hydroxylation sites is 1. The molecular formula is C25H26FN3O2. The summed E-state index contributed by atoms with van der Waals surface area (Å²) in [6.45, 7) is 2.30. The maximum Gasteiger partial charge on any atom is 0.227 e. The van der Waals surface area contributed by atoms with Gasteiger partial charge in [-0.2, -0.15) is 0 Å². The van der Waals surface area contributed by atoms with Gasteiger partial charge in [-0.25, -0.2) is 4.39 Å². The zero-order valence-corrected chi connectivity index (χ0v) is 17.6. The Labute approximate surface area is 181 Å². The molecule has 0 radical (unpaired) electrons. The maximum atomic E-state index is 13.1. The van der Waals surface area contributed by atoms with Gasteiger partial charge in [0, 0.05) is 56.2 Å². The highest BCUT2D eigenvalue weighted by Crippen LogP contribution is 2.48. The van der Waals surface area contributed by atoms with Crippen LogP contribution in [0.15, 0.2) is 54.7 Å². The van der Waals surface area contributed by atoms with Crippen LogP contribution in [0.4, 0.5) is 4.39 Å². The Morgan fingerprint density at radius 1 is 0.968 bits per heavy atom. The molecule has 0 unspecified atom stereocenters. The quantitative estimate of drug-likeness (QED) is 0.651. The first kappa shape index (κ1) is 19.8. The molecule has 1 aromatic heterocycles. The second-order valence-electron chi connectivity index (χ2n) is 8.67. The second-order valence-corrected chi connectivity index (χ2v) is 8.67. The van der Waals surface area contributed by atoms with E-state index in [0.717, 1.165) is 28.5 Å². The number of amides is 2. The number of fused-ring (bicyclic) bond motifs is 1. The van der Waals surface area contributed by atoms with Gasteiger partial charge in [-0.15, -0.1) is 0 Å². The largest absolute Gasteiger partial charge is 0.350 e. The third kappa shape index (κ3) is 3.82. The first-order valence-corrected chi connectivity index (χ1v) is 10.9. The lowest BCUT2D eigenvalue weighted by Gasteiger charge is -2.35. The number of rotatable bonds is 4. The van der Waals surface area contributed by atoms with Gasteiger partial charge in [0.05, 0.1) is 6.42 Å². The Bertz CT molecular complexity index is 1130. The molecule has 0 N–H and O–H groups in total. The van der Waals surface area contributed by atoms with Gasteiger partial charge in [0.15, 0.2) is 0 Å². The lowest BCUT2D eigenvalue weighted by atomic mass is 10.1. The fraction of sp³-hybridized carbons (Fsp3) is 0.360. The van der Waals surface area contributed by atoms with Crippen LogP contribution in [0.25, 0.3) is 10.9 Å². The average molecular weight is 420 g/mol. The van der Waals surface area contributed by atoms with E-state index in [-0.39, 0.29) is 29.5 Å². The summed E-state index contributed by atoms with van der Waals surface area (Å²) in [5.74, 6) is 0.202. The topological polar surface area (TPSA) is 45.6 Å². The van der Waals surface area contributed by atoms with E-state index in [1.54, 1.807) is 12.1 Å². The van der Waals surface area contributed by atoms with Crippen molar-refractivity contribution in [1.29, 1.82) is 0 Å². The van der Waals surface area contributed by atoms with E-state index in [9.17, 15) is 14.0 Å². The molecule has 2 atom stereocenters. The molecular weight excluding hydrogens is 393 g/mol. The second kappa shape index (κ2) is 7.84. The monoisotopic (exact) mass is 419 g/mol. The van der Waals surface area contributed by atoms with Gasteiger partial charge < -0.3 is 14.4 Å². The van der Waals surface area contributed by atoms with E-state index in [1.807, 2.05) is 35.2 Å². The minimum atomic E-state index is -0.253. The van der Waals surface area contributed by atoms with E-state index in [0.29, 0.717) is 32.6 Å². The highest BCUT2D eigenvalue weighted by molar-refractivity contribution is 5.89. The third-order valence-electron chi connectivity index (χ3n) is 6.67. The molecule has 2 amide bonds. The number of hydrogen-bond acceptors (Lipinski definition) is 2. The van der Waals surface area contributed by atoms with Crippen LogP contribution in [-0.2, 0) is 23.1 Å². The van der Waals surface area contributed by atoms with E-state index >= 15 is 0 Å². The summed E-state index contributed by atoms with van der Waals surface area (Å²) in [4.78, 5) is 29.5. The molecule has 2 aromatic carbocycles. The van der Waals surface area contributed by atoms with Crippen molar-refractivity contribution >= 4 is 22.7 Å². The van der Waals surface area contributed by atoms with Crippen molar-refractivity contribution in [2.75, 3.05) is 26.2 Å². The SMILES string of the molecule is Cn1cc(CC(=O)N2CCN(C(=O)[C@H]3C[C@@H]3c3ccc(F)cc3)CC2)c2ccccc21. The number of carbonyl (C=O) groups excluding carboxylic acids is 2. The summed E-state index contributed by atoms with van der Waals surface area (Å²) in [6.07, 6.45) is 3.24. The molecule has 5 nitrogen and oxygen atoms in total. The smallest absolute Gasteiger partial charge is 0.227 e. The van der Waals surface area contributed by atoms with E-state index in [1.165, 1.54) is 12.1 Å². The van der Waals surface area contributed by atoms with Gasteiger partial charge in [-0.05, 0) is 41.7 Å². The van der Waals surface area contributed by atoms with Crippen molar-refractivity contribution < 1.29 is 14.0 Å². The van der Waals surface area contributed by atoms with Crippen LogP contribution in [0.5, 0.6) is 0 Å². The van der Waals surface area contributed by atoms with E-state index in [2.05, 4.69) is 16.7 Å². The van der Waals surface area contributed by atoms with Gasteiger partial charge in [0.25, 0.3) is 0 Å². The molecule has 0 bridgehead atoms.